The second kappa shape index (κ2) is 3.90. The Hall–Kier alpha value is -1.55. The molecule has 2 aromatic rings. The van der Waals surface area contributed by atoms with E-state index in [2.05, 4.69) is 20.9 Å². The van der Waals surface area contributed by atoms with Crippen LogP contribution < -0.4 is 11.5 Å². The molecule has 0 aliphatic carbocycles. The van der Waals surface area contributed by atoms with Gasteiger partial charge in [0, 0.05) is 16.2 Å². The maximum Gasteiger partial charge on any atom is 0.147 e. The van der Waals surface area contributed by atoms with Crippen molar-refractivity contribution in [2.24, 2.45) is 0 Å². The summed E-state index contributed by atoms with van der Waals surface area (Å²) in [5, 5.41) is 0. The number of pyridine rings is 1. The van der Waals surface area contributed by atoms with Gasteiger partial charge >= 0.3 is 0 Å². The monoisotopic (exact) mass is 263 g/mol. The van der Waals surface area contributed by atoms with Crippen LogP contribution in [0.5, 0.6) is 0 Å². The van der Waals surface area contributed by atoms with E-state index >= 15 is 0 Å². The van der Waals surface area contributed by atoms with Crippen LogP contribution in [0.2, 0.25) is 0 Å². The molecule has 0 atom stereocenters. The van der Waals surface area contributed by atoms with Crippen LogP contribution in [0, 0.1) is 0 Å². The average molecular weight is 264 g/mol. The molecular weight excluding hydrogens is 254 g/mol. The van der Waals surface area contributed by atoms with Crippen molar-refractivity contribution in [1.82, 2.24) is 4.98 Å². The van der Waals surface area contributed by atoms with E-state index in [-0.39, 0.29) is 0 Å². The largest absolute Gasteiger partial charge is 0.395 e. The molecule has 15 heavy (non-hydrogen) atoms. The van der Waals surface area contributed by atoms with Crippen molar-refractivity contribution in [2.75, 3.05) is 11.5 Å². The molecule has 0 saturated carbocycles. The normalized spacial score (nSPS) is 10.2. The van der Waals surface area contributed by atoms with Gasteiger partial charge in [0.2, 0.25) is 0 Å². The summed E-state index contributed by atoms with van der Waals surface area (Å²) < 4.78 is 1.01. The first kappa shape index (κ1) is 9.98. The topological polar surface area (TPSA) is 64.9 Å². The predicted molar refractivity (Wildman–Crippen MR) is 66.2 cm³/mol. The maximum atomic E-state index is 5.86. The minimum atomic E-state index is 0.368. The van der Waals surface area contributed by atoms with Crippen LogP contribution in [0.4, 0.5) is 11.5 Å². The van der Waals surface area contributed by atoms with Gasteiger partial charge in [-0.25, -0.2) is 4.98 Å². The Morgan fingerprint density at radius 3 is 2.67 bits per heavy atom. The summed E-state index contributed by atoms with van der Waals surface area (Å²) in [5.41, 5.74) is 14.0. The van der Waals surface area contributed by atoms with Crippen molar-refractivity contribution in [2.45, 2.75) is 0 Å². The first-order chi connectivity index (χ1) is 7.18. The Kier molecular flexibility index (Phi) is 2.60. The molecule has 4 N–H and O–H groups in total. The van der Waals surface area contributed by atoms with Crippen LogP contribution in [0.15, 0.2) is 41.0 Å². The summed E-state index contributed by atoms with van der Waals surface area (Å²) in [6, 6.07) is 9.74. The quantitative estimate of drug-likeness (QED) is 0.832. The molecule has 0 aliphatic rings. The maximum absolute atomic E-state index is 5.86. The van der Waals surface area contributed by atoms with Gasteiger partial charge in [-0.15, -0.1) is 0 Å². The predicted octanol–water partition coefficient (Wildman–Crippen LogP) is 2.68. The molecule has 1 heterocycles. The van der Waals surface area contributed by atoms with E-state index in [1.165, 1.54) is 0 Å². The fraction of sp³-hybridized carbons (Fsp3) is 0. The second-order valence-electron chi connectivity index (χ2n) is 3.17. The van der Waals surface area contributed by atoms with E-state index in [9.17, 15) is 0 Å². The molecule has 4 heteroatoms. The number of halogens is 1. The highest BCUT2D eigenvalue weighted by molar-refractivity contribution is 9.10. The molecule has 0 unspecified atom stereocenters. The Morgan fingerprint density at radius 1 is 1.13 bits per heavy atom. The van der Waals surface area contributed by atoms with E-state index in [0.29, 0.717) is 11.5 Å². The third-order valence-corrected chi connectivity index (χ3v) is 2.65. The highest BCUT2D eigenvalue weighted by atomic mass is 79.9. The van der Waals surface area contributed by atoms with Gasteiger partial charge in [-0.2, -0.15) is 0 Å². The summed E-state index contributed by atoms with van der Waals surface area (Å²) in [6.45, 7) is 0. The van der Waals surface area contributed by atoms with Gasteiger partial charge in [0.15, 0.2) is 0 Å². The fourth-order valence-electron chi connectivity index (χ4n) is 1.40. The van der Waals surface area contributed by atoms with Gasteiger partial charge in [-0.3, -0.25) is 0 Å². The van der Waals surface area contributed by atoms with Crippen molar-refractivity contribution >= 4 is 27.4 Å². The molecule has 2 rings (SSSR count). The number of benzene rings is 1. The van der Waals surface area contributed by atoms with Gasteiger partial charge in [-0.1, -0.05) is 28.1 Å². The number of nitrogens with zero attached hydrogens (tertiary/aromatic N) is 1. The van der Waals surface area contributed by atoms with E-state index in [4.69, 9.17) is 11.5 Å². The van der Waals surface area contributed by atoms with Crippen LogP contribution in [0.1, 0.15) is 0 Å². The molecule has 0 spiro atoms. The molecule has 0 amide bonds. The number of aromatic nitrogens is 1. The SMILES string of the molecule is Nc1nccc(-c2cccc(Br)c2)c1N. The standard InChI is InChI=1S/C11H10BrN3/c12-8-3-1-2-7(6-8)9-4-5-15-11(14)10(9)13/h1-6H,13H2,(H2,14,15). The fourth-order valence-corrected chi connectivity index (χ4v) is 1.80. The van der Waals surface area contributed by atoms with Crippen LogP contribution in [0.25, 0.3) is 11.1 Å². The minimum Gasteiger partial charge on any atom is -0.395 e. The van der Waals surface area contributed by atoms with E-state index in [1.807, 2.05) is 30.3 Å². The minimum absolute atomic E-state index is 0.368. The number of nitrogens with two attached hydrogens (primary N) is 2. The molecule has 0 saturated heterocycles. The Morgan fingerprint density at radius 2 is 1.93 bits per heavy atom. The zero-order valence-electron chi connectivity index (χ0n) is 7.94. The number of rotatable bonds is 1. The van der Waals surface area contributed by atoms with E-state index in [1.54, 1.807) is 6.20 Å². The lowest BCUT2D eigenvalue weighted by atomic mass is 10.1. The molecule has 1 aromatic heterocycles. The first-order valence-electron chi connectivity index (χ1n) is 4.44. The van der Waals surface area contributed by atoms with Crippen molar-refractivity contribution in [3.8, 4) is 11.1 Å². The Bertz CT molecular complexity index is 497. The number of anilines is 2. The zero-order chi connectivity index (χ0) is 10.8. The lowest BCUT2D eigenvalue weighted by Gasteiger charge is -2.07. The van der Waals surface area contributed by atoms with E-state index < -0.39 is 0 Å². The Balaban J connectivity index is 2.59. The van der Waals surface area contributed by atoms with Gasteiger partial charge in [0.25, 0.3) is 0 Å². The number of nitrogen functional groups attached to an aromatic ring is 2. The summed E-state index contributed by atoms with van der Waals surface area (Å²) in [5.74, 6) is 0.368. The second-order valence-corrected chi connectivity index (χ2v) is 4.08. The third-order valence-electron chi connectivity index (χ3n) is 2.16. The van der Waals surface area contributed by atoms with Crippen molar-refractivity contribution < 1.29 is 0 Å². The van der Waals surface area contributed by atoms with Gasteiger partial charge in [0.1, 0.15) is 5.82 Å². The molecule has 1 aromatic carbocycles. The number of hydrogen-bond donors (Lipinski definition) is 2. The average Bonchev–Trinajstić information content (AvgIpc) is 2.22. The molecule has 0 aliphatic heterocycles. The smallest absolute Gasteiger partial charge is 0.147 e. The van der Waals surface area contributed by atoms with Crippen molar-refractivity contribution in [3.05, 3.63) is 41.0 Å². The molecule has 3 nitrogen and oxygen atoms in total. The molecule has 0 radical (unpaired) electrons. The lowest BCUT2D eigenvalue weighted by Crippen LogP contribution is -1.99. The molecule has 0 fully saturated rings. The van der Waals surface area contributed by atoms with E-state index in [0.717, 1.165) is 15.6 Å². The van der Waals surface area contributed by atoms with Crippen molar-refractivity contribution in [1.29, 1.82) is 0 Å². The summed E-state index contributed by atoms with van der Waals surface area (Å²) >= 11 is 3.41. The van der Waals surface area contributed by atoms with Crippen LogP contribution >= 0.6 is 15.9 Å². The summed E-state index contributed by atoms with van der Waals surface area (Å²) in [4.78, 5) is 3.93. The summed E-state index contributed by atoms with van der Waals surface area (Å²) in [7, 11) is 0. The van der Waals surface area contributed by atoms with Crippen LogP contribution in [0.3, 0.4) is 0 Å². The first-order valence-corrected chi connectivity index (χ1v) is 5.23. The molecule has 76 valence electrons. The number of hydrogen-bond acceptors (Lipinski definition) is 3. The van der Waals surface area contributed by atoms with Gasteiger partial charge in [-0.05, 0) is 23.8 Å². The Labute approximate surface area is 96.3 Å². The molecular formula is C11H10BrN3. The van der Waals surface area contributed by atoms with Gasteiger partial charge in [0.05, 0.1) is 5.69 Å². The third kappa shape index (κ3) is 1.94. The summed E-state index contributed by atoms with van der Waals surface area (Å²) in [6.07, 6.45) is 1.65. The molecule has 0 bridgehead atoms. The van der Waals surface area contributed by atoms with Gasteiger partial charge < -0.3 is 11.5 Å². The van der Waals surface area contributed by atoms with Crippen molar-refractivity contribution in [3.63, 3.8) is 0 Å². The lowest BCUT2D eigenvalue weighted by molar-refractivity contribution is 1.34. The van der Waals surface area contributed by atoms with Crippen LogP contribution in [-0.2, 0) is 0 Å². The zero-order valence-corrected chi connectivity index (χ0v) is 9.53. The highest BCUT2D eigenvalue weighted by Gasteiger charge is 2.05. The highest BCUT2D eigenvalue weighted by Crippen LogP contribution is 2.29. The van der Waals surface area contributed by atoms with Crippen LogP contribution in [-0.4, -0.2) is 4.98 Å².